The highest BCUT2D eigenvalue weighted by atomic mass is 16.5. The molecule has 4 rings (SSSR count). The molecule has 1 atom stereocenters. The molecule has 2 aromatic heterocycles. The molecule has 1 aliphatic rings. The highest BCUT2D eigenvalue weighted by Crippen LogP contribution is 2.43. The van der Waals surface area contributed by atoms with Crippen LogP contribution in [0.3, 0.4) is 0 Å². The monoisotopic (exact) mass is 588 g/mol. The number of rotatable bonds is 10. The van der Waals surface area contributed by atoms with Crippen molar-refractivity contribution in [2.24, 2.45) is 5.41 Å². The second-order valence-corrected chi connectivity index (χ2v) is 13.6. The Kier molecular flexibility index (Phi) is 9.70. The predicted molar refractivity (Wildman–Crippen MR) is 173 cm³/mol. The Hall–Kier alpha value is -3.65. The van der Waals surface area contributed by atoms with Gasteiger partial charge in [-0.1, -0.05) is 31.5 Å². The largest absolute Gasteiger partial charge is 0.491 e. The lowest BCUT2D eigenvalue weighted by Gasteiger charge is -2.41. The van der Waals surface area contributed by atoms with E-state index in [4.69, 9.17) is 14.5 Å². The maximum absolute atomic E-state index is 12.6. The van der Waals surface area contributed by atoms with Gasteiger partial charge in [-0.2, -0.15) is 0 Å². The minimum Gasteiger partial charge on any atom is -0.491 e. The molecule has 1 N–H and O–H groups in total. The summed E-state index contributed by atoms with van der Waals surface area (Å²) in [7, 11) is 2.00. The van der Waals surface area contributed by atoms with E-state index in [-0.39, 0.29) is 5.41 Å². The van der Waals surface area contributed by atoms with Crippen LogP contribution < -0.4 is 14.5 Å². The molecular weight excluding hydrogens is 540 g/mol. The van der Waals surface area contributed by atoms with Crippen molar-refractivity contribution in [2.45, 2.75) is 79.9 Å². The summed E-state index contributed by atoms with van der Waals surface area (Å²) < 4.78 is 12.2. The molecular formula is C35H48N4O4. The van der Waals surface area contributed by atoms with Crippen LogP contribution >= 0.6 is 0 Å². The summed E-state index contributed by atoms with van der Waals surface area (Å²) in [6, 6.07) is 10.2. The number of hydrogen-bond donors (Lipinski definition) is 1. The van der Waals surface area contributed by atoms with E-state index >= 15 is 0 Å². The highest BCUT2D eigenvalue weighted by Gasteiger charge is 2.35. The van der Waals surface area contributed by atoms with Crippen molar-refractivity contribution in [1.82, 2.24) is 9.97 Å². The van der Waals surface area contributed by atoms with Gasteiger partial charge in [0.15, 0.2) is 6.10 Å². The number of pyridine rings is 2. The van der Waals surface area contributed by atoms with E-state index in [1.54, 1.807) is 0 Å². The highest BCUT2D eigenvalue weighted by molar-refractivity contribution is 5.86. The molecule has 0 aliphatic carbocycles. The molecule has 8 nitrogen and oxygen atoms in total. The van der Waals surface area contributed by atoms with E-state index in [1.807, 2.05) is 65.3 Å². The predicted octanol–water partition coefficient (Wildman–Crippen LogP) is 7.15. The van der Waals surface area contributed by atoms with E-state index < -0.39 is 17.7 Å². The summed E-state index contributed by atoms with van der Waals surface area (Å²) >= 11 is 0. The molecule has 0 saturated carbocycles. The van der Waals surface area contributed by atoms with Gasteiger partial charge in [-0.05, 0) is 83.6 Å². The van der Waals surface area contributed by atoms with Crippen molar-refractivity contribution in [3.8, 4) is 16.9 Å². The Morgan fingerprint density at radius 1 is 1.07 bits per heavy atom. The summed E-state index contributed by atoms with van der Waals surface area (Å²) in [6.07, 6.45) is 4.58. The standard InChI is InChI=1S/C35H48N4O4/c1-23-10-12-28(24(2)20-23)42-19-18-38(9)29-13-11-26(21-37-29)27-22-36-25(3)30(32(33(40)41)43-34(4,5)6)31(27)39-16-14-35(7,8)15-17-39/h10-13,20-22,32H,14-19H2,1-9H3,(H,40,41). The van der Waals surface area contributed by atoms with Crippen molar-refractivity contribution in [1.29, 1.82) is 0 Å². The maximum Gasteiger partial charge on any atom is 0.337 e. The minimum atomic E-state index is -1.15. The average Bonchev–Trinajstić information content (AvgIpc) is 2.92. The number of benzene rings is 1. The van der Waals surface area contributed by atoms with E-state index in [0.29, 0.717) is 24.4 Å². The first-order valence-electron chi connectivity index (χ1n) is 15.2. The van der Waals surface area contributed by atoms with E-state index in [0.717, 1.165) is 59.9 Å². The number of aliphatic carboxylic acids is 1. The van der Waals surface area contributed by atoms with Gasteiger partial charge in [-0.3, -0.25) is 4.98 Å². The molecule has 1 saturated heterocycles. The number of carbonyl (C=O) groups is 1. The molecule has 8 heteroatoms. The number of ether oxygens (including phenoxy) is 2. The summed E-state index contributed by atoms with van der Waals surface area (Å²) in [5.41, 5.74) is 5.84. The molecule has 1 aromatic carbocycles. The zero-order valence-corrected chi connectivity index (χ0v) is 27.3. The Bertz CT molecular complexity index is 1420. The molecule has 0 spiro atoms. The van der Waals surface area contributed by atoms with Gasteiger partial charge in [0.2, 0.25) is 0 Å². The van der Waals surface area contributed by atoms with Gasteiger partial charge < -0.3 is 24.4 Å². The molecule has 1 unspecified atom stereocenters. The number of piperidine rings is 1. The first kappa shape index (κ1) is 32.3. The third-order valence-electron chi connectivity index (χ3n) is 8.14. The number of carboxylic acids is 1. The molecule has 0 amide bonds. The van der Waals surface area contributed by atoms with Crippen molar-refractivity contribution < 1.29 is 19.4 Å². The van der Waals surface area contributed by atoms with Gasteiger partial charge in [0, 0.05) is 54.9 Å². The molecule has 232 valence electrons. The van der Waals surface area contributed by atoms with Gasteiger partial charge >= 0.3 is 5.97 Å². The van der Waals surface area contributed by atoms with Crippen LogP contribution in [0.2, 0.25) is 0 Å². The fraction of sp³-hybridized carbons (Fsp3) is 0.514. The first-order valence-corrected chi connectivity index (χ1v) is 15.2. The van der Waals surface area contributed by atoms with Crippen LogP contribution in [0.1, 0.15) is 75.9 Å². The summed E-state index contributed by atoms with van der Waals surface area (Å²) in [5, 5.41) is 10.4. The lowest BCUT2D eigenvalue weighted by molar-refractivity contribution is -0.160. The van der Waals surface area contributed by atoms with E-state index in [2.05, 4.69) is 54.6 Å². The number of anilines is 2. The number of aryl methyl sites for hydroxylation is 3. The van der Waals surface area contributed by atoms with Gasteiger partial charge in [0.25, 0.3) is 0 Å². The van der Waals surface area contributed by atoms with Gasteiger partial charge in [0.05, 0.1) is 17.8 Å². The minimum absolute atomic E-state index is 0.239. The van der Waals surface area contributed by atoms with Crippen LogP contribution in [-0.2, 0) is 9.53 Å². The smallest absolute Gasteiger partial charge is 0.337 e. The van der Waals surface area contributed by atoms with Gasteiger partial charge in [0.1, 0.15) is 18.2 Å². The molecule has 1 aliphatic heterocycles. The Morgan fingerprint density at radius 2 is 1.77 bits per heavy atom. The van der Waals surface area contributed by atoms with Crippen molar-refractivity contribution >= 4 is 17.5 Å². The van der Waals surface area contributed by atoms with Crippen molar-refractivity contribution in [3.05, 3.63) is 65.1 Å². The average molecular weight is 589 g/mol. The SMILES string of the molecule is Cc1ccc(OCCN(C)c2ccc(-c3cnc(C)c(C(OC(C)(C)C)C(=O)O)c3N3CCC(C)(C)CC3)cn2)c(C)c1. The number of carboxylic acid groups (broad SMARTS) is 1. The third kappa shape index (κ3) is 8.05. The first-order chi connectivity index (χ1) is 20.1. The van der Waals surface area contributed by atoms with Crippen molar-refractivity contribution in [3.63, 3.8) is 0 Å². The Labute approximate surface area is 257 Å². The molecule has 43 heavy (non-hydrogen) atoms. The molecule has 0 radical (unpaired) electrons. The fourth-order valence-corrected chi connectivity index (χ4v) is 5.54. The number of aromatic nitrogens is 2. The second-order valence-electron chi connectivity index (χ2n) is 13.6. The van der Waals surface area contributed by atoms with Crippen LogP contribution in [0, 0.1) is 26.2 Å². The topological polar surface area (TPSA) is 88.0 Å². The van der Waals surface area contributed by atoms with E-state index in [9.17, 15) is 9.90 Å². The second kappa shape index (κ2) is 12.9. The lowest BCUT2D eigenvalue weighted by atomic mass is 9.82. The quantitative estimate of drug-likeness (QED) is 0.267. The zero-order valence-electron chi connectivity index (χ0n) is 27.3. The van der Waals surface area contributed by atoms with Crippen LogP contribution in [0.5, 0.6) is 5.75 Å². The molecule has 1 fully saturated rings. The van der Waals surface area contributed by atoms with Crippen LogP contribution in [0.15, 0.2) is 42.7 Å². The van der Waals surface area contributed by atoms with E-state index in [1.165, 1.54) is 5.56 Å². The normalized spacial score (nSPS) is 15.7. The summed E-state index contributed by atoms with van der Waals surface area (Å²) in [5.74, 6) is 0.705. The number of nitrogens with zero attached hydrogens (tertiary/aromatic N) is 4. The fourth-order valence-electron chi connectivity index (χ4n) is 5.54. The summed E-state index contributed by atoms with van der Waals surface area (Å²) in [6.45, 7) is 19.1. The molecule has 0 bridgehead atoms. The Morgan fingerprint density at radius 3 is 2.35 bits per heavy atom. The summed E-state index contributed by atoms with van der Waals surface area (Å²) in [4.78, 5) is 26.5. The molecule has 3 aromatic rings. The Balaban J connectivity index is 1.64. The van der Waals surface area contributed by atoms with Crippen molar-refractivity contribution in [2.75, 3.05) is 43.1 Å². The van der Waals surface area contributed by atoms with Crippen LogP contribution in [0.4, 0.5) is 11.5 Å². The third-order valence-corrected chi connectivity index (χ3v) is 8.14. The van der Waals surface area contributed by atoms with Crippen LogP contribution in [-0.4, -0.2) is 59.9 Å². The molecule has 3 heterocycles. The van der Waals surface area contributed by atoms with Crippen LogP contribution in [0.25, 0.3) is 11.1 Å². The maximum atomic E-state index is 12.6. The van der Waals surface area contributed by atoms with Gasteiger partial charge in [-0.15, -0.1) is 0 Å². The number of hydrogen-bond acceptors (Lipinski definition) is 7. The number of likely N-dealkylation sites (N-methyl/N-ethyl adjacent to an activating group) is 1. The zero-order chi connectivity index (χ0) is 31.5. The van der Waals surface area contributed by atoms with Gasteiger partial charge in [-0.25, -0.2) is 9.78 Å². The lowest BCUT2D eigenvalue weighted by Crippen LogP contribution is -2.39.